The van der Waals surface area contributed by atoms with Crippen molar-refractivity contribution < 1.29 is 34.2 Å². The molecule has 3 N–H and O–H groups in total. The van der Waals surface area contributed by atoms with Crippen LogP contribution in [0.3, 0.4) is 0 Å². The number of hydrogen-bond acceptors (Lipinski definition) is 3. The van der Waals surface area contributed by atoms with Crippen LogP contribution in [0.25, 0.3) is 0 Å². The van der Waals surface area contributed by atoms with Crippen LogP contribution in [0, 0.1) is 17.8 Å². The minimum absolute atomic E-state index is 0.228. The first kappa shape index (κ1) is 29.4. The SMILES string of the molecule is CCCCCCCCCCCC[N+](CC(C)C(=O)O)(CC(C)C(=O)O)CC(C)C(=O)O. The summed E-state index contributed by atoms with van der Waals surface area (Å²) >= 11 is 0. The predicted molar refractivity (Wildman–Crippen MR) is 122 cm³/mol. The maximum absolute atomic E-state index is 11.5. The minimum atomic E-state index is -0.934. The molecule has 31 heavy (non-hydrogen) atoms. The van der Waals surface area contributed by atoms with Crippen molar-refractivity contribution in [3.05, 3.63) is 0 Å². The molecule has 0 aliphatic carbocycles. The van der Waals surface area contributed by atoms with Gasteiger partial charge in [0, 0.05) is 0 Å². The molecule has 3 atom stereocenters. The number of carbonyl (C=O) groups is 3. The van der Waals surface area contributed by atoms with E-state index in [1.807, 2.05) is 0 Å². The maximum atomic E-state index is 11.5. The first-order valence-electron chi connectivity index (χ1n) is 12.1. The lowest BCUT2D eigenvalue weighted by atomic mass is 10.00. The van der Waals surface area contributed by atoms with E-state index in [4.69, 9.17) is 0 Å². The number of rotatable bonds is 20. The van der Waals surface area contributed by atoms with Crippen LogP contribution in [0.15, 0.2) is 0 Å². The van der Waals surface area contributed by atoms with Crippen LogP contribution >= 0.6 is 0 Å². The van der Waals surface area contributed by atoms with Gasteiger partial charge in [-0.05, 0) is 33.6 Å². The van der Waals surface area contributed by atoms with Gasteiger partial charge in [-0.15, -0.1) is 0 Å². The molecule has 0 saturated carbocycles. The molecule has 0 fully saturated rings. The summed E-state index contributed by atoms with van der Waals surface area (Å²) in [6.45, 7) is 8.43. The van der Waals surface area contributed by atoms with Crippen molar-refractivity contribution in [2.24, 2.45) is 17.8 Å². The summed E-state index contributed by atoms with van der Waals surface area (Å²) < 4.78 is 0.228. The molecule has 0 heterocycles. The zero-order valence-electron chi connectivity index (χ0n) is 20.1. The Bertz CT molecular complexity index is 481. The lowest BCUT2D eigenvalue weighted by Crippen LogP contribution is -2.57. The van der Waals surface area contributed by atoms with E-state index in [1.165, 1.54) is 44.9 Å². The van der Waals surface area contributed by atoms with Crippen molar-refractivity contribution in [2.75, 3.05) is 26.2 Å². The minimum Gasteiger partial charge on any atom is -0.481 e. The summed E-state index contributed by atoms with van der Waals surface area (Å²) in [5.41, 5.74) is 0. The molecular formula is C24H46NO6+. The normalized spacial score (nSPS) is 16.3. The zero-order chi connectivity index (χ0) is 23.9. The van der Waals surface area contributed by atoms with Gasteiger partial charge >= 0.3 is 17.9 Å². The third-order valence-electron chi connectivity index (χ3n) is 6.23. The number of aliphatic carboxylic acids is 3. The second-order valence-corrected chi connectivity index (χ2v) is 9.51. The summed E-state index contributed by atoms with van der Waals surface area (Å²) in [6.07, 6.45) is 11.8. The Balaban J connectivity index is 4.97. The van der Waals surface area contributed by atoms with E-state index < -0.39 is 35.7 Å². The average molecular weight is 445 g/mol. The van der Waals surface area contributed by atoms with Crippen molar-refractivity contribution >= 4 is 17.9 Å². The van der Waals surface area contributed by atoms with Crippen LogP contribution < -0.4 is 0 Å². The van der Waals surface area contributed by atoms with Crippen molar-refractivity contribution in [1.29, 1.82) is 0 Å². The van der Waals surface area contributed by atoms with Crippen LogP contribution in [0.4, 0.5) is 0 Å². The van der Waals surface area contributed by atoms with E-state index in [2.05, 4.69) is 6.92 Å². The number of quaternary nitrogens is 1. The number of unbranched alkanes of at least 4 members (excludes halogenated alkanes) is 9. The molecule has 0 aromatic heterocycles. The van der Waals surface area contributed by atoms with Crippen LogP contribution in [-0.2, 0) is 14.4 Å². The Labute approximate surface area is 188 Å². The van der Waals surface area contributed by atoms with Crippen molar-refractivity contribution in [3.63, 3.8) is 0 Å². The Morgan fingerprint density at radius 1 is 0.581 bits per heavy atom. The summed E-state index contributed by atoms with van der Waals surface area (Å²) in [6, 6.07) is 0. The fraction of sp³-hybridized carbons (Fsp3) is 0.875. The molecular weight excluding hydrogens is 398 g/mol. The number of carboxylic acids is 3. The van der Waals surface area contributed by atoms with Crippen LogP contribution in [0.2, 0.25) is 0 Å². The molecule has 0 aliphatic rings. The Hall–Kier alpha value is -1.63. The number of hydrogen-bond donors (Lipinski definition) is 3. The summed E-state index contributed by atoms with van der Waals surface area (Å²) in [5.74, 6) is -4.79. The van der Waals surface area contributed by atoms with Gasteiger partial charge in [-0.25, -0.2) is 0 Å². The molecule has 0 bridgehead atoms. The second kappa shape index (κ2) is 16.1. The van der Waals surface area contributed by atoms with Gasteiger partial charge in [0.05, 0.1) is 26.2 Å². The van der Waals surface area contributed by atoms with E-state index >= 15 is 0 Å². The highest BCUT2D eigenvalue weighted by molar-refractivity contribution is 5.70. The number of carboxylic acid groups (broad SMARTS) is 3. The van der Waals surface area contributed by atoms with Gasteiger partial charge in [0.25, 0.3) is 0 Å². The molecule has 0 amide bonds. The van der Waals surface area contributed by atoms with Crippen LogP contribution in [0.5, 0.6) is 0 Å². The molecule has 0 radical (unpaired) electrons. The highest BCUT2D eigenvalue weighted by atomic mass is 16.4. The summed E-state index contributed by atoms with van der Waals surface area (Å²) in [7, 11) is 0. The van der Waals surface area contributed by atoms with Gasteiger partial charge < -0.3 is 19.8 Å². The first-order chi connectivity index (χ1) is 14.5. The predicted octanol–water partition coefficient (Wildman–Crippen LogP) is 4.89. The van der Waals surface area contributed by atoms with Gasteiger partial charge in [-0.1, -0.05) is 58.3 Å². The lowest BCUT2D eigenvalue weighted by molar-refractivity contribution is -0.934. The first-order valence-corrected chi connectivity index (χ1v) is 12.1. The largest absolute Gasteiger partial charge is 0.481 e. The van der Waals surface area contributed by atoms with E-state index in [0.29, 0.717) is 6.54 Å². The monoisotopic (exact) mass is 444 g/mol. The van der Waals surface area contributed by atoms with Crippen LogP contribution in [-0.4, -0.2) is 63.9 Å². The van der Waals surface area contributed by atoms with Crippen LogP contribution in [0.1, 0.15) is 91.9 Å². The van der Waals surface area contributed by atoms with Crippen molar-refractivity contribution in [2.45, 2.75) is 91.9 Å². The Kier molecular flexibility index (Phi) is 15.2. The maximum Gasteiger partial charge on any atom is 0.311 e. The molecule has 182 valence electrons. The zero-order valence-corrected chi connectivity index (χ0v) is 20.1. The molecule has 0 aromatic rings. The third kappa shape index (κ3) is 13.4. The molecule has 0 spiro atoms. The smallest absolute Gasteiger partial charge is 0.311 e. The average Bonchev–Trinajstić information content (AvgIpc) is 2.68. The van der Waals surface area contributed by atoms with Gasteiger partial charge in [-0.2, -0.15) is 0 Å². The fourth-order valence-electron chi connectivity index (χ4n) is 4.41. The molecule has 3 unspecified atom stereocenters. The van der Waals surface area contributed by atoms with Crippen molar-refractivity contribution in [3.8, 4) is 0 Å². The molecule has 7 heteroatoms. The lowest BCUT2D eigenvalue weighted by Gasteiger charge is -2.42. The van der Waals surface area contributed by atoms with Gasteiger partial charge in [0.1, 0.15) is 17.8 Å². The van der Waals surface area contributed by atoms with Gasteiger partial charge in [-0.3, -0.25) is 14.4 Å². The van der Waals surface area contributed by atoms with E-state index in [-0.39, 0.29) is 24.1 Å². The van der Waals surface area contributed by atoms with Crippen molar-refractivity contribution in [1.82, 2.24) is 0 Å². The third-order valence-corrected chi connectivity index (χ3v) is 6.23. The molecule has 0 rings (SSSR count). The molecule has 0 aliphatic heterocycles. The second-order valence-electron chi connectivity index (χ2n) is 9.51. The Morgan fingerprint density at radius 3 is 1.16 bits per heavy atom. The molecule has 7 nitrogen and oxygen atoms in total. The molecule has 0 saturated heterocycles. The number of nitrogens with zero attached hydrogens (tertiary/aromatic N) is 1. The van der Waals surface area contributed by atoms with E-state index in [1.54, 1.807) is 20.8 Å². The van der Waals surface area contributed by atoms with Gasteiger partial charge in [0.15, 0.2) is 0 Å². The molecule has 0 aromatic carbocycles. The summed E-state index contributed by atoms with van der Waals surface area (Å²) in [5, 5.41) is 28.3. The highest BCUT2D eigenvalue weighted by Gasteiger charge is 2.38. The highest BCUT2D eigenvalue weighted by Crippen LogP contribution is 2.22. The standard InChI is InChI=1S/C24H45NO6/c1-5-6-7-8-9-10-11-12-13-14-15-25(16-19(2)22(26)27,17-20(3)23(28)29)18-21(4)24(30)31/h19-21H,5-18H2,1-4H3,(H2-,26,27,28,29,30,31)/p+1. The van der Waals surface area contributed by atoms with E-state index in [0.717, 1.165) is 19.3 Å². The summed E-state index contributed by atoms with van der Waals surface area (Å²) in [4.78, 5) is 34.5. The quantitative estimate of drug-likeness (QED) is 0.182. The fourth-order valence-corrected chi connectivity index (χ4v) is 4.41. The van der Waals surface area contributed by atoms with E-state index in [9.17, 15) is 29.7 Å². The Morgan fingerprint density at radius 2 is 0.871 bits per heavy atom. The topological polar surface area (TPSA) is 112 Å². The van der Waals surface area contributed by atoms with Gasteiger partial charge in [0.2, 0.25) is 0 Å².